The average Bonchev–Trinajstić information content (AvgIpc) is 3.19. The lowest BCUT2D eigenvalue weighted by molar-refractivity contribution is -0.153. The summed E-state index contributed by atoms with van der Waals surface area (Å²) in [5.41, 5.74) is 5.37. The predicted octanol–water partition coefficient (Wildman–Crippen LogP) is 15.0. The second-order valence-corrected chi connectivity index (χ2v) is 17.9. The van der Waals surface area contributed by atoms with Gasteiger partial charge in [0.25, 0.3) is 0 Å². The van der Waals surface area contributed by atoms with Gasteiger partial charge in [-0.05, 0) is 25.3 Å². The van der Waals surface area contributed by atoms with Gasteiger partial charge in [0.05, 0.1) is 19.5 Å². The van der Waals surface area contributed by atoms with Crippen molar-refractivity contribution < 1.29 is 32.8 Å². The Kier molecular flexibility index (Phi) is 44.4. The number of hydrogen-bond donors (Lipinski definition) is 2. The molecule has 0 aliphatic heterocycles. The van der Waals surface area contributed by atoms with E-state index in [-0.39, 0.29) is 32.3 Å². The zero-order valence-electron chi connectivity index (χ0n) is 37.1. The van der Waals surface area contributed by atoms with Crippen LogP contribution in [0.4, 0.5) is 0 Å². The van der Waals surface area contributed by atoms with Crippen molar-refractivity contribution in [1.29, 1.82) is 0 Å². The molecule has 0 heterocycles. The predicted molar refractivity (Wildman–Crippen MR) is 238 cm³/mol. The van der Waals surface area contributed by atoms with E-state index in [1.54, 1.807) is 6.26 Å². The molecule has 56 heavy (non-hydrogen) atoms. The lowest BCUT2D eigenvalue weighted by Crippen LogP contribution is -2.27. The molecule has 0 fully saturated rings. The number of phosphoric ester groups is 1. The molecular weight excluding hydrogens is 721 g/mol. The van der Waals surface area contributed by atoms with Gasteiger partial charge in [0.15, 0.2) is 6.10 Å². The van der Waals surface area contributed by atoms with E-state index < -0.39 is 13.9 Å². The zero-order chi connectivity index (χ0) is 40.9. The molecule has 0 bridgehead atoms. The minimum atomic E-state index is -4.29. The van der Waals surface area contributed by atoms with Crippen molar-refractivity contribution in [2.45, 2.75) is 258 Å². The van der Waals surface area contributed by atoms with Gasteiger partial charge in [-0.1, -0.05) is 226 Å². The number of carbonyl (C=O) groups excluding carboxylic acids is 1. The van der Waals surface area contributed by atoms with E-state index in [1.807, 2.05) is 6.08 Å². The molecule has 0 amide bonds. The second-order valence-electron chi connectivity index (χ2n) is 16.4. The molecule has 0 radical (unpaired) electrons. The number of phosphoric acid groups is 1. The molecule has 0 saturated heterocycles. The Morgan fingerprint density at radius 3 is 1.27 bits per heavy atom. The first-order chi connectivity index (χ1) is 27.4. The summed E-state index contributed by atoms with van der Waals surface area (Å²) >= 11 is 0. The number of unbranched alkanes of at least 4 members (excludes halogenated alkanes) is 34. The first kappa shape index (κ1) is 55.1. The van der Waals surface area contributed by atoms with E-state index in [0.29, 0.717) is 6.42 Å². The molecule has 8 nitrogen and oxygen atoms in total. The Hall–Kier alpha value is -0.920. The molecule has 2 atom stereocenters. The molecule has 0 aliphatic carbocycles. The number of carbonyl (C=O) groups is 1. The second kappa shape index (κ2) is 45.2. The van der Waals surface area contributed by atoms with E-state index in [1.165, 1.54) is 199 Å². The van der Waals surface area contributed by atoms with Crippen LogP contribution in [0.1, 0.15) is 251 Å². The van der Waals surface area contributed by atoms with Crippen molar-refractivity contribution in [3.8, 4) is 0 Å². The van der Waals surface area contributed by atoms with E-state index in [2.05, 4.69) is 13.8 Å². The lowest BCUT2D eigenvalue weighted by atomic mass is 10.0. The van der Waals surface area contributed by atoms with Crippen LogP contribution in [0.5, 0.6) is 0 Å². The Balaban J connectivity index is 3.95. The number of esters is 1. The molecule has 334 valence electrons. The van der Waals surface area contributed by atoms with Crippen LogP contribution in [-0.2, 0) is 27.9 Å². The van der Waals surface area contributed by atoms with Gasteiger partial charge < -0.3 is 20.1 Å². The SMILES string of the molecule is CCCCCCCCCCCCCCCCC=COC[C@H](COP(=O)(O)OCCN)OC(=O)CCCCCCCCCCCCCCCCCCCCCCC. The summed E-state index contributed by atoms with van der Waals surface area (Å²) in [6, 6.07) is 0. The molecule has 0 aromatic carbocycles. The lowest BCUT2D eigenvalue weighted by Gasteiger charge is -2.19. The largest absolute Gasteiger partial charge is 0.498 e. The Labute approximate surface area is 347 Å². The third-order valence-electron chi connectivity index (χ3n) is 10.8. The van der Waals surface area contributed by atoms with Gasteiger partial charge in [0.1, 0.15) is 6.61 Å². The minimum Gasteiger partial charge on any atom is -0.498 e. The average molecular weight is 816 g/mol. The van der Waals surface area contributed by atoms with Gasteiger partial charge in [-0.3, -0.25) is 13.8 Å². The maximum Gasteiger partial charge on any atom is 0.472 e. The summed E-state index contributed by atoms with van der Waals surface area (Å²) in [6.07, 6.45) is 50.5. The molecule has 0 aliphatic rings. The summed E-state index contributed by atoms with van der Waals surface area (Å²) in [5, 5.41) is 0. The van der Waals surface area contributed by atoms with Gasteiger partial charge in [-0.15, -0.1) is 0 Å². The van der Waals surface area contributed by atoms with Crippen molar-refractivity contribution in [1.82, 2.24) is 0 Å². The van der Waals surface area contributed by atoms with Crippen LogP contribution in [0.25, 0.3) is 0 Å². The highest BCUT2D eigenvalue weighted by atomic mass is 31.2. The Morgan fingerprint density at radius 2 is 0.893 bits per heavy atom. The smallest absolute Gasteiger partial charge is 0.472 e. The maximum atomic E-state index is 12.6. The standard InChI is InChI=1S/C47H94NO7P/c1-3-5-7-9-11-13-15-17-19-21-22-23-24-25-26-28-30-32-34-36-38-40-47(49)55-46(45-54-56(50,51)53-43-41-48)44-52-42-39-37-35-33-31-29-27-20-18-16-14-12-10-8-6-4-2/h39,42,46H,3-38,40-41,43-45,48H2,1-2H3,(H,50,51)/t46-/m1/s1. The molecular formula is C47H94NO7P. The fourth-order valence-electron chi connectivity index (χ4n) is 7.20. The molecule has 0 aromatic heterocycles. The van der Waals surface area contributed by atoms with Crippen LogP contribution in [0.2, 0.25) is 0 Å². The normalized spacial score (nSPS) is 13.4. The molecule has 0 aromatic rings. The van der Waals surface area contributed by atoms with E-state index >= 15 is 0 Å². The number of rotatable bonds is 47. The van der Waals surface area contributed by atoms with E-state index in [9.17, 15) is 14.3 Å². The number of allylic oxidation sites excluding steroid dienone is 1. The topological polar surface area (TPSA) is 117 Å². The summed E-state index contributed by atoms with van der Waals surface area (Å²) in [5.74, 6) is -0.345. The quantitative estimate of drug-likeness (QED) is 0.0270. The first-order valence-electron chi connectivity index (χ1n) is 24.2. The Morgan fingerprint density at radius 1 is 0.536 bits per heavy atom. The highest BCUT2D eigenvalue weighted by Gasteiger charge is 2.25. The third-order valence-corrected chi connectivity index (χ3v) is 11.8. The molecule has 3 N–H and O–H groups in total. The number of nitrogens with two attached hydrogens (primary N) is 1. The van der Waals surface area contributed by atoms with E-state index in [0.717, 1.165) is 32.1 Å². The minimum absolute atomic E-state index is 0.0389. The van der Waals surface area contributed by atoms with Crippen LogP contribution in [0, 0.1) is 0 Å². The van der Waals surface area contributed by atoms with Gasteiger partial charge in [0, 0.05) is 13.0 Å². The highest BCUT2D eigenvalue weighted by molar-refractivity contribution is 7.47. The Bertz CT molecular complexity index is 873. The molecule has 9 heteroatoms. The fourth-order valence-corrected chi connectivity index (χ4v) is 7.97. The van der Waals surface area contributed by atoms with Crippen LogP contribution in [-0.4, -0.2) is 43.3 Å². The molecule has 0 rings (SSSR count). The summed E-state index contributed by atoms with van der Waals surface area (Å²) < 4.78 is 33.3. The fraction of sp³-hybridized carbons (Fsp3) is 0.936. The van der Waals surface area contributed by atoms with Gasteiger partial charge in [-0.25, -0.2) is 4.57 Å². The zero-order valence-corrected chi connectivity index (χ0v) is 38.0. The monoisotopic (exact) mass is 816 g/mol. The van der Waals surface area contributed by atoms with Crippen molar-refractivity contribution in [2.24, 2.45) is 5.73 Å². The van der Waals surface area contributed by atoms with Crippen molar-refractivity contribution in [3.63, 3.8) is 0 Å². The summed E-state index contributed by atoms with van der Waals surface area (Å²) in [7, 11) is -4.29. The number of ether oxygens (including phenoxy) is 2. The summed E-state index contributed by atoms with van der Waals surface area (Å²) in [4.78, 5) is 22.5. The van der Waals surface area contributed by atoms with Gasteiger partial charge >= 0.3 is 13.8 Å². The molecule has 1 unspecified atom stereocenters. The van der Waals surface area contributed by atoms with Crippen LogP contribution in [0.15, 0.2) is 12.3 Å². The van der Waals surface area contributed by atoms with Crippen LogP contribution >= 0.6 is 7.82 Å². The third kappa shape index (κ3) is 44.2. The molecule has 0 spiro atoms. The van der Waals surface area contributed by atoms with Gasteiger partial charge in [-0.2, -0.15) is 0 Å². The van der Waals surface area contributed by atoms with Crippen LogP contribution < -0.4 is 5.73 Å². The van der Waals surface area contributed by atoms with E-state index in [4.69, 9.17) is 24.3 Å². The maximum absolute atomic E-state index is 12.6. The summed E-state index contributed by atoms with van der Waals surface area (Å²) in [6.45, 7) is 4.30. The number of hydrogen-bond acceptors (Lipinski definition) is 7. The van der Waals surface area contributed by atoms with Gasteiger partial charge in [0.2, 0.25) is 0 Å². The first-order valence-corrected chi connectivity index (χ1v) is 25.7. The van der Waals surface area contributed by atoms with Crippen molar-refractivity contribution in [2.75, 3.05) is 26.4 Å². The molecule has 0 saturated carbocycles. The van der Waals surface area contributed by atoms with Crippen LogP contribution in [0.3, 0.4) is 0 Å². The highest BCUT2D eigenvalue weighted by Crippen LogP contribution is 2.43. The van der Waals surface area contributed by atoms with Crippen molar-refractivity contribution >= 4 is 13.8 Å². The van der Waals surface area contributed by atoms with Crippen molar-refractivity contribution in [3.05, 3.63) is 12.3 Å².